The van der Waals surface area contributed by atoms with Crippen molar-refractivity contribution >= 4 is 11.7 Å². The van der Waals surface area contributed by atoms with E-state index in [0.29, 0.717) is 6.42 Å². The molecule has 0 saturated carbocycles. The first kappa shape index (κ1) is 17.2. The van der Waals surface area contributed by atoms with E-state index in [1.165, 1.54) is 28.2 Å². The molecular formula is C12H17N7O5. The standard InChI is InChI=1S/C12H17N7O5/c1-2-3-10(20)14-17-7-6-15(12(17)19(23)24)4-5-16-9-13-8-11(16)18(21)22/h6-9,12H,2-5H2,1H3,(H,14,20). The fraction of sp³-hybridized carbons (Fsp3) is 0.500. The molecule has 12 nitrogen and oxygen atoms in total. The van der Waals surface area contributed by atoms with Gasteiger partial charge in [-0.3, -0.25) is 25.2 Å². The van der Waals surface area contributed by atoms with Crippen molar-refractivity contribution in [1.82, 2.24) is 24.9 Å². The van der Waals surface area contributed by atoms with Crippen LogP contribution in [0.5, 0.6) is 0 Å². The molecule has 130 valence electrons. The van der Waals surface area contributed by atoms with Crippen molar-refractivity contribution in [2.75, 3.05) is 6.54 Å². The summed E-state index contributed by atoms with van der Waals surface area (Å²) in [5, 5.41) is 23.3. The molecule has 1 amide bonds. The van der Waals surface area contributed by atoms with Gasteiger partial charge in [0.05, 0.1) is 11.5 Å². The van der Waals surface area contributed by atoms with Crippen LogP contribution in [-0.4, -0.2) is 48.0 Å². The number of aromatic nitrogens is 2. The van der Waals surface area contributed by atoms with Crippen molar-refractivity contribution in [3.8, 4) is 0 Å². The molecule has 2 heterocycles. The van der Waals surface area contributed by atoms with Gasteiger partial charge >= 0.3 is 12.1 Å². The summed E-state index contributed by atoms with van der Waals surface area (Å²) in [6.45, 7) is 2.11. The maximum absolute atomic E-state index is 11.6. The zero-order chi connectivity index (χ0) is 17.7. The van der Waals surface area contributed by atoms with Crippen LogP contribution in [0, 0.1) is 20.2 Å². The summed E-state index contributed by atoms with van der Waals surface area (Å²) in [6.07, 6.45) is 4.85. The van der Waals surface area contributed by atoms with Crippen LogP contribution in [0.25, 0.3) is 0 Å². The smallest absolute Gasteiger partial charge is 0.358 e. The Balaban J connectivity index is 2.01. The first-order valence-corrected chi connectivity index (χ1v) is 7.24. The van der Waals surface area contributed by atoms with Crippen molar-refractivity contribution < 1.29 is 14.6 Å². The second-order valence-electron chi connectivity index (χ2n) is 5.06. The molecule has 1 aliphatic rings. The maximum Gasteiger partial charge on any atom is 0.385 e. The van der Waals surface area contributed by atoms with Gasteiger partial charge in [0.2, 0.25) is 5.91 Å². The van der Waals surface area contributed by atoms with E-state index in [2.05, 4.69) is 10.4 Å². The average Bonchev–Trinajstić information content (AvgIpc) is 3.11. The maximum atomic E-state index is 11.6. The predicted octanol–water partition coefficient (Wildman–Crippen LogP) is 0.272. The number of nitrogens with one attached hydrogen (secondary N) is 1. The molecule has 0 bridgehead atoms. The SMILES string of the molecule is CCCC(=O)NN1C=CN(CCn2cncc2[N+](=O)[O-])C1[N+](=O)[O-]. The molecule has 12 heteroatoms. The van der Waals surface area contributed by atoms with Gasteiger partial charge in [-0.1, -0.05) is 6.92 Å². The lowest BCUT2D eigenvalue weighted by Gasteiger charge is -2.25. The van der Waals surface area contributed by atoms with Crippen LogP contribution >= 0.6 is 0 Å². The Kier molecular flexibility index (Phi) is 5.29. The average molecular weight is 339 g/mol. The third-order valence-electron chi connectivity index (χ3n) is 3.36. The Labute approximate surface area is 136 Å². The summed E-state index contributed by atoms with van der Waals surface area (Å²) in [7, 11) is 0. The zero-order valence-electron chi connectivity index (χ0n) is 12.9. The first-order chi connectivity index (χ1) is 11.4. The molecule has 1 aromatic heterocycles. The lowest BCUT2D eigenvalue weighted by molar-refractivity contribution is -0.572. The summed E-state index contributed by atoms with van der Waals surface area (Å²) in [6, 6.07) is 0. The van der Waals surface area contributed by atoms with Crippen LogP contribution in [0.3, 0.4) is 0 Å². The Morgan fingerprint density at radius 1 is 1.33 bits per heavy atom. The van der Waals surface area contributed by atoms with E-state index >= 15 is 0 Å². The van der Waals surface area contributed by atoms with Gasteiger partial charge < -0.3 is 10.1 Å². The fourth-order valence-corrected chi connectivity index (χ4v) is 2.27. The molecule has 0 spiro atoms. The molecule has 1 atom stereocenters. The number of rotatable bonds is 8. The third kappa shape index (κ3) is 3.77. The minimum absolute atomic E-state index is 0.138. The summed E-state index contributed by atoms with van der Waals surface area (Å²) in [4.78, 5) is 37.7. The number of hydrogen-bond donors (Lipinski definition) is 1. The Morgan fingerprint density at radius 2 is 2.08 bits per heavy atom. The molecule has 24 heavy (non-hydrogen) atoms. The van der Waals surface area contributed by atoms with Crippen LogP contribution in [0.2, 0.25) is 0 Å². The number of imidazole rings is 1. The lowest BCUT2D eigenvalue weighted by atomic mass is 10.3. The highest BCUT2D eigenvalue weighted by Crippen LogP contribution is 2.16. The van der Waals surface area contributed by atoms with Gasteiger partial charge in [-0.2, -0.15) is 0 Å². The quantitative estimate of drug-likeness (QED) is 0.526. The highest BCUT2D eigenvalue weighted by molar-refractivity contribution is 5.75. The number of amides is 1. The van der Waals surface area contributed by atoms with Crippen molar-refractivity contribution in [1.29, 1.82) is 0 Å². The molecule has 1 unspecified atom stereocenters. The number of hydrogen-bond acceptors (Lipinski definition) is 8. The molecule has 1 aromatic rings. The zero-order valence-corrected chi connectivity index (χ0v) is 12.9. The topological polar surface area (TPSA) is 140 Å². The van der Waals surface area contributed by atoms with E-state index in [1.807, 2.05) is 6.92 Å². The monoisotopic (exact) mass is 339 g/mol. The number of carbonyl (C=O) groups excluding carboxylic acids is 1. The molecular weight excluding hydrogens is 322 g/mol. The number of hydrazine groups is 1. The van der Waals surface area contributed by atoms with Crippen LogP contribution in [0.15, 0.2) is 24.9 Å². The third-order valence-corrected chi connectivity index (χ3v) is 3.36. The van der Waals surface area contributed by atoms with Crippen molar-refractivity contribution in [2.24, 2.45) is 0 Å². The van der Waals surface area contributed by atoms with Gasteiger partial charge in [-0.25, -0.2) is 14.6 Å². The number of nitro groups is 2. The molecule has 1 aliphatic heterocycles. The normalized spacial score (nSPS) is 16.5. The fourth-order valence-electron chi connectivity index (χ4n) is 2.27. The van der Waals surface area contributed by atoms with Crippen LogP contribution in [0.1, 0.15) is 19.8 Å². The lowest BCUT2D eigenvalue weighted by Crippen LogP contribution is -2.52. The highest BCUT2D eigenvalue weighted by Gasteiger charge is 2.37. The Bertz CT molecular complexity index is 658. The number of nitrogens with zero attached hydrogens (tertiary/aromatic N) is 6. The van der Waals surface area contributed by atoms with Crippen molar-refractivity contribution in [2.45, 2.75) is 32.6 Å². The van der Waals surface area contributed by atoms with Crippen LogP contribution < -0.4 is 5.43 Å². The van der Waals surface area contributed by atoms with Gasteiger partial charge in [-0.05, 0) is 11.3 Å². The molecule has 0 aliphatic carbocycles. The summed E-state index contributed by atoms with van der Waals surface area (Å²) in [5.74, 6) is -0.509. The molecule has 0 radical (unpaired) electrons. The Hall–Kier alpha value is -3.18. The van der Waals surface area contributed by atoms with Gasteiger partial charge in [0.15, 0.2) is 6.33 Å². The van der Waals surface area contributed by atoms with Crippen LogP contribution in [-0.2, 0) is 11.3 Å². The van der Waals surface area contributed by atoms with Crippen molar-refractivity contribution in [3.05, 3.63) is 45.2 Å². The largest absolute Gasteiger partial charge is 0.385 e. The van der Waals surface area contributed by atoms with E-state index in [4.69, 9.17) is 0 Å². The second kappa shape index (κ2) is 7.39. The summed E-state index contributed by atoms with van der Waals surface area (Å²) >= 11 is 0. The predicted molar refractivity (Wildman–Crippen MR) is 80.4 cm³/mol. The molecule has 1 N–H and O–H groups in total. The van der Waals surface area contributed by atoms with E-state index in [-0.39, 0.29) is 31.2 Å². The van der Waals surface area contributed by atoms with E-state index in [1.54, 1.807) is 0 Å². The van der Waals surface area contributed by atoms with Gasteiger partial charge in [0.25, 0.3) is 0 Å². The highest BCUT2D eigenvalue weighted by atomic mass is 16.6. The molecule has 0 aromatic carbocycles. The molecule has 0 fully saturated rings. The summed E-state index contributed by atoms with van der Waals surface area (Å²) in [5.41, 5.74) is 2.46. The van der Waals surface area contributed by atoms with Gasteiger partial charge in [0, 0.05) is 18.8 Å². The minimum Gasteiger partial charge on any atom is -0.358 e. The minimum atomic E-state index is -1.30. The van der Waals surface area contributed by atoms with Crippen molar-refractivity contribution in [3.63, 3.8) is 0 Å². The second-order valence-corrected chi connectivity index (χ2v) is 5.06. The molecule has 0 saturated heterocycles. The van der Waals surface area contributed by atoms with Gasteiger partial charge in [0.1, 0.15) is 12.7 Å². The van der Waals surface area contributed by atoms with Gasteiger partial charge in [-0.15, -0.1) is 0 Å². The van der Waals surface area contributed by atoms with E-state index < -0.39 is 16.1 Å². The Morgan fingerprint density at radius 3 is 2.71 bits per heavy atom. The molecule has 2 rings (SSSR count). The van der Waals surface area contributed by atoms with Crippen LogP contribution in [0.4, 0.5) is 5.82 Å². The van der Waals surface area contributed by atoms with E-state index in [9.17, 15) is 25.0 Å². The summed E-state index contributed by atoms with van der Waals surface area (Å²) < 4.78 is 1.29. The first-order valence-electron chi connectivity index (χ1n) is 7.24. The number of carbonyl (C=O) groups is 1. The van der Waals surface area contributed by atoms with E-state index in [0.717, 1.165) is 11.2 Å².